The number of anilines is 2. The minimum atomic E-state index is -0.353. The Kier molecular flexibility index (Phi) is 8.31. The van der Waals surface area contributed by atoms with E-state index in [0.29, 0.717) is 49.1 Å². The van der Waals surface area contributed by atoms with E-state index in [-0.39, 0.29) is 17.3 Å². The van der Waals surface area contributed by atoms with Gasteiger partial charge in [0.15, 0.2) is 17.0 Å². The number of imidazole rings is 1. The number of piperidine rings is 1. The number of nitrogens with two attached hydrogens (primary N) is 1. The van der Waals surface area contributed by atoms with Crippen LogP contribution in [-0.2, 0) is 20.1 Å². The third-order valence-corrected chi connectivity index (χ3v) is 8.40. The molecule has 1 atom stereocenters. The van der Waals surface area contributed by atoms with Crippen molar-refractivity contribution in [2.24, 2.45) is 12.8 Å². The number of nitrogens with one attached hydrogen (secondary N) is 1. The Hall–Kier alpha value is -4.41. The third-order valence-electron chi connectivity index (χ3n) is 8.40. The molecule has 43 heavy (non-hydrogen) atoms. The summed E-state index contributed by atoms with van der Waals surface area (Å²) < 4.78 is 4.69. The molecule has 4 aromatic rings. The van der Waals surface area contributed by atoms with Gasteiger partial charge in [-0.05, 0) is 32.7 Å². The fraction of sp³-hybridized carbons (Fsp3) is 0.500. The van der Waals surface area contributed by atoms with Crippen LogP contribution in [0.25, 0.3) is 22.6 Å². The predicted octanol–water partition coefficient (Wildman–Crippen LogP) is 0.845. The smallest absolute Gasteiger partial charge is 0.332 e. The summed E-state index contributed by atoms with van der Waals surface area (Å²) in [5, 5.41) is 7.47. The molecule has 0 aliphatic carbocycles. The summed E-state index contributed by atoms with van der Waals surface area (Å²) in [4.78, 5) is 43.2. The second-order valence-corrected chi connectivity index (χ2v) is 11.3. The number of hydrogen-bond acceptors (Lipinski definition) is 9. The standard InChI is InChI=1S/C30H39N11O2/c1-3-4-15-40-24-26(33-29(40)39-14-8-12-23(31)21-39)36(2)30(43)41(27(24)42)16-9-13-37-17-19-38(20-18-37)28-32-25(34-35-28)22-10-6-5-7-11-22/h5-7,10-11,23H,8-9,12-21,31H2,1-2H3,(H,32,34,35)/t23-/m1/s1. The van der Waals surface area contributed by atoms with Crippen molar-refractivity contribution in [3.8, 4) is 23.2 Å². The van der Waals surface area contributed by atoms with Gasteiger partial charge in [-0.2, -0.15) is 9.97 Å². The molecule has 2 aliphatic heterocycles. The molecule has 0 radical (unpaired) electrons. The van der Waals surface area contributed by atoms with Crippen LogP contribution in [0.2, 0.25) is 0 Å². The fourth-order valence-corrected chi connectivity index (χ4v) is 6.04. The minimum Gasteiger partial charge on any atom is -0.341 e. The molecule has 3 N–H and O–H groups in total. The molecule has 13 nitrogen and oxygen atoms in total. The fourth-order valence-electron chi connectivity index (χ4n) is 6.04. The summed E-state index contributed by atoms with van der Waals surface area (Å²) >= 11 is 0. The quantitative estimate of drug-likeness (QED) is 0.288. The van der Waals surface area contributed by atoms with Crippen molar-refractivity contribution in [1.29, 1.82) is 0 Å². The van der Waals surface area contributed by atoms with Gasteiger partial charge in [0.05, 0.1) is 6.54 Å². The summed E-state index contributed by atoms with van der Waals surface area (Å²) in [5.74, 6) is 8.13. The zero-order chi connectivity index (χ0) is 29.9. The van der Waals surface area contributed by atoms with E-state index in [1.807, 2.05) is 34.9 Å². The normalized spacial score (nSPS) is 17.8. The molecule has 6 rings (SSSR count). The van der Waals surface area contributed by atoms with Gasteiger partial charge in [0.1, 0.15) is 0 Å². The van der Waals surface area contributed by atoms with Gasteiger partial charge in [0, 0.05) is 64.5 Å². The predicted molar refractivity (Wildman–Crippen MR) is 167 cm³/mol. The van der Waals surface area contributed by atoms with Crippen molar-refractivity contribution < 1.29 is 0 Å². The van der Waals surface area contributed by atoms with Crippen molar-refractivity contribution in [1.82, 2.24) is 38.8 Å². The van der Waals surface area contributed by atoms with Crippen molar-refractivity contribution in [2.75, 3.05) is 55.6 Å². The zero-order valence-electron chi connectivity index (χ0n) is 24.9. The average molecular weight is 586 g/mol. The average Bonchev–Trinajstić information content (AvgIpc) is 3.68. The molecule has 226 valence electrons. The molecule has 2 aliphatic rings. The Balaban J connectivity index is 1.14. The number of fused-ring (bicyclic) bond motifs is 1. The summed E-state index contributed by atoms with van der Waals surface area (Å²) in [6, 6.07) is 10.0. The van der Waals surface area contributed by atoms with Crippen molar-refractivity contribution in [2.45, 2.75) is 45.3 Å². The number of aromatic amines is 1. The van der Waals surface area contributed by atoms with Gasteiger partial charge in [-0.15, -0.1) is 11.0 Å². The molecule has 5 heterocycles. The van der Waals surface area contributed by atoms with E-state index in [1.165, 1.54) is 9.13 Å². The second-order valence-electron chi connectivity index (χ2n) is 11.3. The number of aromatic nitrogens is 7. The molecular weight excluding hydrogens is 546 g/mol. The molecule has 0 amide bonds. The molecular formula is C30H39N11O2. The van der Waals surface area contributed by atoms with Crippen LogP contribution in [0.4, 0.5) is 11.9 Å². The molecule has 1 aromatic carbocycles. The van der Waals surface area contributed by atoms with E-state index in [0.717, 1.165) is 63.5 Å². The highest BCUT2D eigenvalue weighted by molar-refractivity contribution is 5.75. The van der Waals surface area contributed by atoms with Crippen LogP contribution in [0.3, 0.4) is 0 Å². The highest BCUT2D eigenvalue weighted by atomic mass is 16.2. The molecule has 3 aromatic heterocycles. The highest BCUT2D eigenvalue weighted by Gasteiger charge is 2.26. The van der Waals surface area contributed by atoms with Gasteiger partial charge in [-0.1, -0.05) is 36.3 Å². The first-order chi connectivity index (χ1) is 20.9. The summed E-state index contributed by atoms with van der Waals surface area (Å²) in [6.07, 6.45) is 2.59. The van der Waals surface area contributed by atoms with Crippen LogP contribution < -0.4 is 26.8 Å². The number of rotatable bonds is 8. The van der Waals surface area contributed by atoms with Crippen molar-refractivity contribution >= 4 is 23.1 Å². The first-order valence-electron chi connectivity index (χ1n) is 15.0. The van der Waals surface area contributed by atoms with Crippen LogP contribution in [0.5, 0.6) is 0 Å². The maximum atomic E-state index is 13.8. The van der Waals surface area contributed by atoms with Gasteiger partial charge in [0.2, 0.25) is 11.9 Å². The SMILES string of the molecule is CC#CCn1c(N2CCC[C@@H](N)C2)nc2c1c(=O)n(CCCN1CCN(c3n[nH]c(-c4ccccc4)n3)CC1)c(=O)n2C. The van der Waals surface area contributed by atoms with Gasteiger partial charge in [-0.25, -0.2) is 4.79 Å². The van der Waals surface area contributed by atoms with Gasteiger partial charge in [0.25, 0.3) is 5.56 Å². The number of aryl methyl sites for hydroxylation is 1. The third kappa shape index (κ3) is 5.80. The lowest BCUT2D eigenvalue weighted by atomic mass is 10.1. The topological polar surface area (TPSA) is 139 Å². The number of H-pyrrole nitrogens is 1. The number of nitrogens with zero attached hydrogens (tertiary/aromatic N) is 9. The lowest BCUT2D eigenvalue weighted by Crippen LogP contribution is -2.47. The first kappa shape index (κ1) is 28.7. The number of benzene rings is 1. The lowest BCUT2D eigenvalue weighted by Gasteiger charge is -2.34. The summed E-state index contributed by atoms with van der Waals surface area (Å²) in [6.45, 7) is 7.98. The first-order valence-corrected chi connectivity index (χ1v) is 15.0. The Bertz CT molecular complexity index is 1750. The Labute approximate surface area is 249 Å². The molecule has 0 bridgehead atoms. The molecule has 2 fully saturated rings. The van der Waals surface area contributed by atoms with E-state index in [1.54, 1.807) is 14.0 Å². The monoisotopic (exact) mass is 585 g/mol. The van der Waals surface area contributed by atoms with E-state index < -0.39 is 0 Å². The number of piperazine rings is 1. The van der Waals surface area contributed by atoms with Gasteiger partial charge >= 0.3 is 5.69 Å². The lowest BCUT2D eigenvalue weighted by molar-refractivity contribution is 0.248. The molecule has 2 saturated heterocycles. The Morgan fingerprint density at radius 3 is 2.53 bits per heavy atom. The largest absolute Gasteiger partial charge is 0.341 e. The van der Waals surface area contributed by atoms with Crippen LogP contribution in [0.1, 0.15) is 26.2 Å². The Morgan fingerprint density at radius 2 is 1.79 bits per heavy atom. The van der Waals surface area contributed by atoms with E-state index in [2.05, 4.69) is 41.7 Å². The maximum Gasteiger partial charge on any atom is 0.332 e. The summed E-state index contributed by atoms with van der Waals surface area (Å²) in [5.41, 5.74) is 7.38. The van der Waals surface area contributed by atoms with Crippen LogP contribution >= 0.6 is 0 Å². The van der Waals surface area contributed by atoms with Crippen LogP contribution in [-0.4, -0.2) is 90.6 Å². The van der Waals surface area contributed by atoms with Gasteiger partial charge in [-0.3, -0.25) is 28.5 Å². The molecule has 0 saturated carbocycles. The molecule has 13 heteroatoms. The van der Waals surface area contributed by atoms with Crippen molar-refractivity contribution in [3.63, 3.8) is 0 Å². The minimum absolute atomic E-state index is 0.0453. The van der Waals surface area contributed by atoms with Gasteiger partial charge < -0.3 is 15.5 Å². The van der Waals surface area contributed by atoms with Crippen molar-refractivity contribution in [3.05, 3.63) is 51.2 Å². The van der Waals surface area contributed by atoms with E-state index in [9.17, 15) is 9.59 Å². The molecule has 0 unspecified atom stereocenters. The maximum absolute atomic E-state index is 13.8. The Morgan fingerprint density at radius 1 is 1.00 bits per heavy atom. The second kappa shape index (κ2) is 12.4. The van der Waals surface area contributed by atoms with Crippen LogP contribution in [0, 0.1) is 11.8 Å². The number of hydrogen-bond donors (Lipinski definition) is 2. The zero-order valence-corrected chi connectivity index (χ0v) is 24.9. The van der Waals surface area contributed by atoms with E-state index in [4.69, 9.17) is 10.7 Å². The van der Waals surface area contributed by atoms with Crippen LogP contribution in [0.15, 0.2) is 39.9 Å². The molecule has 0 spiro atoms. The van der Waals surface area contributed by atoms with E-state index >= 15 is 0 Å². The highest BCUT2D eigenvalue weighted by Crippen LogP contribution is 2.23. The summed E-state index contributed by atoms with van der Waals surface area (Å²) in [7, 11) is 1.68.